The number of benzene rings is 1. The molecule has 29 heavy (non-hydrogen) atoms. The molecule has 2 N–H and O–H groups in total. The van der Waals surface area contributed by atoms with Crippen LogP contribution in [0.5, 0.6) is 0 Å². The molecule has 0 spiro atoms. The van der Waals surface area contributed by atoms with Crippen LogP contribution >= 0.6 is 0 Å². The summed E-state index contributed by atoms with van der Waals surface area (Å²) in [5.41, 5.74) is 2.88. The van der Waals surface area contributed by atoms with Gasteiger partial charge >= 0.3 is 0 Å². The van der Waals surface area contributed by atoms with E-state index >= 15 is 0 Å². The van der Waals surface area contributed by atoms with Gasteiger partial charge in [-0.1, -0.05) is 12.1 Å². The van der Waals surface area contributed by atoms with Crippen molar-refractivity contribution >= 4 is 11.9 Å². The molecule has 2 aromatic rings. The molecule has 0 aliphatic carbocycles. The third-order valence-corrected chi connectivity index (χ3v) is 4.57. The maximum absolute atomic E-state index is 12.0. The summed E-state index contributed by atoms with van der Waals surface area (Å²) in [5.74, 6) is 0.761. The Morgan fingerprint density at radius 1 is 1.17 bits per heavy atom. The normalized spacial score (nSPS) is 12.7. The van der Waals surface area contributed by atoms with Crippen LogP contribution in [0.3, 0.4) is 0 Å². The molecule has 0 fully saturated rings. The van der Waals surface area contributed by atoms with Crippen LogP contribution in [-0.4, -0.2) is 72.7 Å². The number of hydrogen-bond donors (Lipinski definition) is 2. The van der Waals surface area contributed by atoms with Crippen LogP contribution < -0.4 is 10.6 Å². The molecule has 0 saturated carbocycles. The Morgan fingerprint density at radius 2 is 1.86 bits per heavy atom. The van der Waals surface area contributed by atoms with E-state index in [1.807, 2.05) is 55.3 Å². The molecule has 2 rings (SSSR count). The summed E-state index contributed by atoms with van der Waals surface area (Å²) in [6.07, 6.45) is 3.93. The summed E-state index contributed by atoms with van der Waals surface area (Å²) < 4.78 is 1.82. The zero-order valence-electron chi connectivity index (χ0n) is 18.3. The zero-order valence-corrected chi connectivity index (χ0v) is 18.3. The fourth-order valence-corrected chi connectivity index (χ4v) is 2.93. The summed E-state index contributed by atoms with van der Waals surface area (Å²) >= 11 is 0. The van der Waals surface area contributed by atoms with Crippen LogP contribution in [0.25, 0.3) is 0 Å². The van der Waals surface area contributed by atoms with Gasteiger partial charge in [-0.3, -0.25) is 9.48 Å². The second-order valence-corrected chi connectivity index (χ2v) is 7.40. The van der Waals surface area contributed by atoms with E-state index in [-0.39, 0.29) is 11.9 Å². The molecule has 1 heterocycles. The van der Waals surface area contributed by atoms with Gasteiger partial charge in [0.05, 0.1) is 18.8 Å². The van der Waals surface area contributed by atoms with Gasteiger partial charge in [0, 0.05) is 51.6 Å². The highest BCUT2D eigenvalue weighted by Crippen LogP contribution is 2.16. The average Bonchev–Trinajstić information content (AvgIpc) is 3.11. The van der Waals surface area contributed by atoms with Crippen molar-refractivity contribution in [2.75, 3.05) is 41.3 Å². The fraction of sp³-hybridized carbons (Fsp3) is 0.476. The number of aromatic nitrogens is 2. The van der Waals surface area contributed by atoms with Crippen molar-refractivity contribution in [3.8, 4) is 0 Å². The molecular weight excluding hydrogens is 366 g/mol. The minimum atomic E-state index is 0.000172. The smallest absolute Gasteiger partial charge is 0.253 e. The standard InChI is InChI=1S/C21H33N7O/c1-7-22-21(24-14-19(26(2)3)18-13-25-28(6)15-18)23-12-16-8-10-17(11-9-16)20(29)27(4)5/h8-11,13,15,19H,7,12,14H2,1-6H3,(H2,22,23,24). The first-order valence-electron chi connectivity index (χ1n) is 9.79. The number of nitrogens with zero attached hydrogens (tertiary/aromatic N) is 5. The van der Waals surface area contributed by atoms with Gasteiger partial charge in [0.2, 0.25) is 0 Å². The molecule has 158 valence electrons. The van der Waals surface area contributed by atoms with Gasteiger partial charge in [-0.25, -0.2) is 4.99 Å². The lowest BCUT2D eigenvalue weighted by Crippen LogP contribution is -2.41. The molecule has 1 aromatic heterocycles. The quantitative estimate of drug-likeness (QED) is 0.519. The van der Waals surface area contributed by atoms with Gasteiger partial charge < -0.3 is 20.4 Å². The largest absolute Gasteiger partial charge is 0.357 e. The lowest BCUT2D eigenvalue weighted by atomic mass is 10.1. The maximum atomic E-state index is 12.0. The number of aryl methyl sites for hydroxylation is 1. The van der Waals surface area contributed by atoms with Gasteiger partial charge in [0.1, 0.15) is 0 Å². The summed E-state index contributed by atoms with van der Waals surface area (Å²) in [5, 5.41) is 11.0. The zero-order chi connectivity index (χ0) is 21.4. The number of rotatable bonds is 8. The Balaban J connectivity index is 2.02. The van der Waals surface area contributed by atoms with Gasteiger partial charge in [0.15, 0.2) is 5.96 Å². The molecule has 1 atom stereocenters. The summed E-state index contributed by atoms with van der Waals surface area (Å²) in [6, 6.07) is 7.77. The van der Waals surface area contributed by atoms with Crippen LogP contribution in [0.15, 0.2) is 41.7 Å². The van der Waals surface area contributed by atoms with E-state index in [0.29, 0.717) is 18.7 Å². The topological polar surface area (TPSA) is 77.8 Å². The van der Waals surface area contributed by atoms with Crippen LogP contribution in [0.2, 0.25) is 0 Å². The minimum absolute atomic E-state index is 0.000172. The molecule has 0 saturated heterocycles. The number of hydrogen-bond acceptors (Lipinski definition) is 4. The Kier molecular flexibility index (Phi) is 8.21. The Labute approximate surface area is 173 Å². The number of carbonyl (C=O) groups is 1. The first-order valence-corrected chi connectivity index (χ1v) is 9.79. The van der Waals surface area contributed by atoms with Crippen molar-refractivity contribution in [2.24, 2.45) is 12.0 Å². The highest BCUT2D eigenvalue weighted by molar-refractivity contribution is 5.93. The van der Waals surface area contributed by atoms with E-state index in [2.05, 4.69) is 39.7 Å². The number of carbonyl (C=O) groups excluding carboxylic acids is 1. The van der Waals surface area contributed by atoms with Crippen LogP contribution in [-0.2, 0) is 13.6 Å². The molecule has 0 radical (unpaired) electrons. The van der Waals surface area contributed by atoms with Crippen molar-refractivity contribution in [2.45, 2.75) is 19.5 Å². The predicted octanol–water partition coefficient (Wildman–Crippen LogP) is 1.48. The van der Waals surface area contributed by atoms with Crippen LogP contribution in [0, 0.1) is 0 Å². The van der Waals surface area contributed by atoms with E-state index in [1.165, 1.54) is 0 Å². The van der Waals surface area contributed by atoms with E-state index in [1.54, 1.807) is 19.0 Å². The minimum Gasteiger partial charge on any atom is -0.357 e. The van der Waals surface area contributed by atoms with Crippen molar-refractivity contribution < 1.29 is 4.79 Å². The second kappa shape index (κ2) is 10.6. The number of amides is 1. The van der Waals surface area contributed by atoms with E-state index in [4.69, 9.17) is 0 Å². The third kappa shape index (κ3) is 6.60. The highest BCUT2D eigenvalue weighted by atomic mass is 16.2. The van der Waals surface area contributed by atoms with E-state index in [9.17, 15) is 4.79 Å². The predicted molar refractivity (Wildman–Crippen MR) is 117 cm³/mol. The highest BCUT2D eigenvalue weighted by Gasteiger charge is 2.16. The van der Waals surface area contributed by atoms with E-state index in [0.717, 1.165) is 23.6 Å². The lowest BCUT2D eigenvalue weighted by Gasteiger charge is -2.24. The lowest BCUT2D eigenvalue weighted by molar-refractivity contribution is 0.0827. The first-order chi connectivity index (χ1) is 13.8. The first kappa shape index (κ1) is 22.4. The number of guanidine groups is 1. The van der Waals surface area contributed by atoms with Gasteiger partial charge in [-0.05, 0) is 38.7 Å². The fourth-order valence-electron chi connectivity index (χ4n) is 2.93. The number of nitrogens with one attached hydrogen (secondary N) is 2. The van der Waals surface area contributed by atoms with Gasteiger partial charge in [-0.2, -0.15) is 5.10 Å². The van der Waals surface area contributed by atoms with Gasteiger partial charge in [-0.15, -0.1) is 0 Å². The molecule has 0 bridgehead atoms. The Morgan fingerprint density at radius 3 is 2.38 bits per heavy atom. The van der Waals surface area contributed by atoms with E-state index < -0.39 is 0 Å². The van der Waals surface area contributed by atoms with Gasteiger partial charge in [0.25, 0.3) is 5.91 Å². The Hall–Kier alpha value is -2.87. The maximum Gasteiger partial charge on any atom is 0.253 e. The molecule has 8 nitrogen and oxygen atoms in total. The molecule has 1 unspecified atom stereocenters. The Bertz CT molecular complexity index is 809. The van der Waals surface area contributed by atoms with Crippen molar-refractivity contribution in [3.63, 3.8) is 0 Å². The SMILES string of the molecule is CCNC(=NCc1ccc(C(=O)N(C)C)cc1)NCC(c1cnn(C)c1)N(C)C. The number of aliphatic imine (C=N–C) groups is 1. The summed E-state index contributed by atoms with van der Waals surface area (Å²) in [4.78, 5) is 20.4. The van der Waals surface area contributed by atoms with Crippen molar-refractivity contribution in [3.05, 3.63) is 53.3 Å². The molecule has 8 heteroatoms. The van der Waals surface area contributed by atoms with Crippen LogP contribution in [0.4, 0.5) is 0 Å². The molecule has 0 aliphatic heterocycles. The molecule has 1 aromatic carbocycles. The monoisotopic (exact) mass is 399 g/mol. The number of likely N-dealkylation sites (N-methyl/N-ethyl adjacent to an activating group) is 1. The summed E-state index contributed by atoms with van der Waals surface area (Å²) in [7, 11) is 9.54. The molecule has 0 aliphatic rings. The molecule has 1 amide bonds. The van der Waals surface area contributed by atoms with Crippen LogP contribution in [0.1, 0.15) is 34.5 Å². The van der Waals surface area contributed by atoms with Crippen molar-refractivity contribution in [1.29, 1.82) is 0 Å². The van der Waals surface area contributed by atoms with Crippen molar-refractivity contribution in [1.82, 2.24) is 30.2 Å². The second-order valence-electron chi connectivity index (χ2n) is 7.40. The average molecular weight is 400 g/mol. The molecular formula is C21H33N7O. The third-order valence-electron chi connectivity index (χ3n) is 4.57. The summed E-state index contributed by atoms with van der Waals surface area (Å²) in [6.45, 7) is 4.07.